The van der Waals surface area contributed by atoms with Crippen LogP contribution in [0, 0.1) is 5.92 Å². The molecule has 3 fully saturated rings. The largest absolute Gasteiger partial charge is 0.493 e. The van der Waals surface area contributed by atoms with Crippen LogP contribution in [-0.4, -0.2) is 101 Å². The molecule has 3 saturated heterocycles. The molecule has 0 spiro atoms. The van der Waals surface area contributed by atoms with Gasteiger partial charge in [0, 0.05) is 17.5 Å². The van der Waals surface area contributed by atoms with Crippen LogP contribution in [0.1, 0.15) is 49.0 Å². The van der Waals surface area contributed by atoms with Crippen LogP contribution in [0.3, 0.4) is 0 Å². The summed E-state index contributed by atoms with van der Waals surface area (Å²) < 4.78 is 22.8. The fraction of sp³-hybridized carbons (Fsp3) is 0.667. The molecule has 7 atom stereocenters. The molecule has 0 saturated carbocycles. The first-order chi connectivity index (χ1) is 17.7. The van der Waals surface area contributed by atoms with Crippen LogP contribution in [0.25, 0.3) is 0 Å². The van der Waals surface area contributed by atoms with Crippen LogP contribution >= 0.6 is 0 Å². The molecular weight excluding hydrogens is 482 g/mol. The standard InChI is InChI=1S/C27H39NO9/c1-15(2)6-7-16-11-18(26(33)35-14-17-8-10-28-9-4-5-19(17)28)12-20(34-3)25(16)37-27-24(32)23(31)22(30)21(13-29)36-27/h6,11-12,17,19,21-24,27,29-32H,4-5,7-10,13-14H2,1-3H3. The van der Waals surface area contributed by atoms with Gasteiger partial charge in [0.2, 0.25) is 6.29 Å². The second-order valence-electron chi connectivity index (χ2n) is 10.4. The smallest absolute Gasteiger partial charge is 0.338 e. The predicted molar refractivity (Wildman–Crippen MR) is 134 cm³/mol. The van der Waals surface area contributed by atoms with Crippen LogP contribution in [0.15, 0.2) is 23.8 Å². The highest BCUT2D eigenvalue weighted by molar-refractivity contribution is 5.90. The van der Waals surface area contributed by atoms with E-state index in [4.69, 9.17) is 18.9 Å². The van der Waals surface area contributed by atoms with Gasteiger partial charge in [0.1, 0.15) is 24.4 Å². The van der Waals surface area contributed by atoms with Crippen molar-refractivity contribution in [3.8, 4) is 11.5 Å². The minimum absolute atomic E-state index is 0.221. The van der Waals surface area contributed by atoms with Gasteiger partial charge in [-0.2, -0.15) is 0 Å². The third-order valence-corrected chi connectivity index (χ3v) is 7.57. The maximum atomic E-state index is 13.1. The van der Waals surface area contributed by atoms with Gasteiger partial charge in [-0.1, -0.05) is 11.6 Å². The van der Waals surface area contributed by atoms with Gasteiger partial charge in [-0.3, -0.25) is 4.90 Å². The highest BCUT2D eigenvalue weighted by Gasteiger charge is 2.45. The Hall–Kier alpha value is -2.21. The van der Waals surface area contributed by atoms with E-state index in [2.05, 4.69) is 4.90 Å². The number of aliphatic hydroxyl groups excluding tert-OH is 4. The topological polar surface area (TPSA) is 138 Å². The summed E-state index contributed by atoms with van der Waals surface area (Å²) in [4.78, 5) is 15.5. The van der Waals surface area contributed by atoms with Gasteiger partial charge in [0.05, 0.1) is 25.9 Å². The van der Waals surface area contributed by atoms with Crippen LogP contribution in [0.5, 0.6) is 11.5 Å². The lowest BCUT2D eigenvalue weighted by atomic mass is 9.99. The van der Waals surface area contributed by atoms with Gasteiger partial charge in [0.15, 0.2) is 11.5 Å². The minimum Gasteiger partial charge on any atom is -0.493 e. The minimum atomic E-state index is -1.58. The lowest BCUT2D eigenvalue weighted by Gasteiger charge is -2.39. The first kappa shape index (κ1) is 27.8. The molecule has 4 N–H and O–H groups in total. The van der Waals surface area contributed by atoms with Crippen molar-refractivity contribution in [1.82, 2.24) is 4.90 Å². The van der Waals surface area contributed by atoms with Gasteiger partial charge in [0.25, 0.3) is 0 Å². The van der Waals surface area contributed by atoms with E-state index in [1.54, 1.807) is 6.07 Å². The molecule has 1 aromatic carbocycles. The number of nitrogens with zero attached hydrogens (tertiary/aromatic N) is 1. The Morgan fingerprint density at radius 1 is 1.14 bits per heavy atom. The summed E-state index contributed by atoms with van der Waals surface area (Å²) in [6, 6.07) is 3.68. The van der Waals surface area contributed by atoms with Gasteiger partial charge in [-0.05, 0) is 64.8 Å². The normalized spacial score (nSPS) is 31.6. The first-order valence-corrected chi connectivity index (χ1v) is 13.0. The lowest BCUT2D eigenvalue weighted by Crippen LogP contribution is -2.60. The van der Waals surface area contributed by atoms with Gasteiger partial charge in [-0.25, -0.2) is 4.79 Å². The fourth-order valence-corrected chi connectivity index (χ4v) is 5.46. The van der Waals surface area contributed by atoms with E-state index < -0.39 is 43.3 Å². The number of methoxy groups -OCH3 is 1. The summed E-state index contributed by atoms with van der Waals surface area (Å²) in [7, 11) is 1.43. The highest BCUT2D eigenvalue weighted by atomic mass is 16.7. The molecule has 0 aromatic heterocycles. The quantitative estimate of drug-likeness (QED) is 0.275. The SMILES string of the molecule is COc1cc(C(=O)OCC2CCN3CCCC23)cc(CC=C(C)C)c1OC1OC(CO)C(O)C(O)C1O. The Bertz CT molecular complexity index is 977. The van der Waals surface area contributed by atoms with E-state index in [1.165, 1.54) is 19.6 Å². The molecule has 3 aliphatic rings. The van der Waals surface area contributed by atoms with Crippen molar-refractivity contribution in [3.63, 3.8) is 0 Å². The number of fused-ring (bicyclic) bond motifs is 1. The van der Waals surface area contributed by atoms with Crippen LogP contribution in [-0.2, 0) is 15.9 Å². The summed E-state index contributed by atoms with van der Waals surface area (Å²) in [5.74, 6) is 0.338. The molecule has 7 unspecified atom stereocenters. The Kier molecular flexibility index (Phi) is 9.10. The Balaban J connectivity index is 1.56. The Labute approximate surface area is 217 Å². The molecular formula is C27H39NO9. The summed E-state index contributed by atoms with van der Waals surface area (Å²) in [6.07, 6.45) is -1.44. The lowest BCUT2D eigenvalue weighted by molar-refractivity contribution is -0.277. The molecule has 0 aliphatic carbocycles. The van der Waals surface area contributed by atoms with Crippen molar-refractivity contribution in [2.45, 2.75) is 76.3 Å². The van der Waals surface area contributed by atoms with E-state index in [9.17, 15) is 25.2 Å². The van der Waals surface area contributed by atoms with E-state index >= 15 is 0 Å². The molecule has 206 valence electrons. The second kappa shape index (κ2) is 12.1. The predicted octanol–water partition coefficient (Wildman–Crippen LogP) is 1.02. The van der Waals surface area contributed by atoms with Crippen LogP contribution in [0.2, 0.25) is 0 Å². The number of esters is 1. The average Bonchev–Trinajstić information content (AvgIpc) is 3.51. The van der Waals surface area contributed by atoms with Gasteiger partial charge < -0.3 is 39.4 Å². The number of benzene rings is 1. The number of carbonyl (C=O) groups excluding carboxylic acids is 1. The van der Waals surface area contributed by atoms with E-state index in [1.807, 2.05) is 19.9 Å². The molecule has 4 rings (SSSR count). The van der Waals surface area contributed by atoms with E-state index in [-0.39, 0.29) is 11.5 Å². The van der Waals surface area contributed by atoms with E-state index in [0.717, 1.165) is 31.5 Å². The molecule has 0 radical (unpaired) electrons. The van der Waals surface area contributed by atoms with Crippen molar-refractivity contribution in [2.24, 2.45) is 5.92 Å². The molecule has 37 heavy (non-hydrogen) atoms. The third kappa shape index (κ3) is 6.10. The average molecular weight is 522 g/mol. The second-order valence-corrected chi connectivity index (χ2v) is 10.4. The zero-order chi connectivity index (χ0) is 26.7. The van der Waals surface area contributed by atoms with Crippen molar-refractivity contribution >= 4 is 5.97 Å². The highest BCUT2D eigenvalue weighted by Crippen LogP contribution is 2.37. The Morgan fingerprint density at radius 2 is 1.92 bits per heavy atom. The summed E-state index contributed by atoms with van der Waals surface area (Å²) in [5.41, 5.74) is 1.96. The summed E-state index contributed by atoms with van der Waals surface area (Å²) in [6.45, 7) is 5.86. The number of allylic oxidation sites excluding steroid dienone is 2. The summed E-state index contributed by atoms with van der Waals surface area (Å²) in [5, 5.41) is 40.2. The van der Waals surface area contributed by atoms with Crippen LogP contribution < -0.4 is 9.47 Å². The molecule has 1 aromatic rings. The number of carbonyl (C=O) groups is 1. The first-order valence-electron chi connectivity index (χ1n) is 13.0. The molecule has 10 heteroatoms. The molecule has 0 bridgehead atoms. The number of rotatable bonds is 9. The van der Waals surface area contributed by atoms with Crippen molar-refractivity contribution < 1.29 is 44.2 Å². The molecule has 3 aliphatic heterocycles. The molecule has 0 amide bonds. The van der Waals surface area contributed by atoms with Crippen LogP contribution in [0.4, 0.5) is 0 Å². The number of ether oxygens (including phenoxy) is 4. The number of hydrogen-bond donors (Lipinski definition) is 4. The van der Waals surface area contributed by atoms with Crippen molar-refractivity contribution in [2.75, 3.05) is 33.4 Å². The maximum Gasteiger partial charge on any atom is 0.338 e. The van der Waals surface area contributed by atoms with Crippen molar-refractivity contribution in [3.05, 3.63) is 34.9 Å². The summed E-state index contributed by atoms with van der Waals surface area (Å²) >= 11 is 0. The Morgan fingerprint density at radius 3 is 2.62 bits per heavy atom. The third-order valence-electron chi connectivity index (χ3n) is 7.57. The zero-order valence-electron chi connectivity index (χ0n) is 21.7. The maximum absolute atomic E-state index is 13.1. The zero-order valence-corrected chi connectivity index (χ0v) is 21.7. The monoisotopic (exact) mass is 521 g/mol. The molecule has 10 nitrogen and oxygen atoms in total. The van der Waals surface area contributed by atoms with Gasteiger partial charge in [-0.15, -0.1) is 0 Å². The van der Waals surface area contributed by atoms with E-state index in [0.29, 0.717) is 36.1 Å². The fourth-order valence-electron chi connectivity index (χ4n) is 5.46. The van der Waals surface area contributed by atoms with Gasteiger partial charge >= 0.3 is 5.97 Å². The molecule has 3 heterocycles. The number of hydrogen-bond acceptors (Lipinski definition) is 10. The van der Waals surface area contributed by atoms with Crippen molar-refractivity contribution in [1.29, 1.82) is 0 Å². The number of aliphatic hydroxyl groups is 4.